The molecule has 1 fully saturated rings. The Labute approximate surface area is 111 Å². The van der Waals surface area contributed by atoms with E-state index in [1.165, 1.54) is 18.4 Å². The Bertz CT molecular complexity index is 361. The molecule has 3 heteroatoms. The van der Waals surface area contributed by atoms with Gasteiger partial charge in [-0.25, -0.2) is 0 Å². The summed E-state index contributed by atoms with van der Waals surface area (Å²) in [6.45, 7) is 10.1. The van der Waals surface area contributed by atoms with Gasteiger partial charge in [0.15, 0.2) is 0 Å². The van der Waals surface area contributed by atoms with Crippen LogP contribution in [0, 0.1) is 0 Å². The molecular weight excluding hydrogens is 222 g/mol. The van der Waals surface area contributed by atoms with Crippen LogP contribution in [0.1, 0.15) is 39.2 Å². The Morgan fingerprint density at radius 2 is 2.11 bits per heavy atom. The van der Waals surface area contributed by atoms with Gasteiger partial charge in [-0.2, -0.15) is 0 Å². The van der Waals surface area contributed by atoms with Crippen molar-refractivity contribution in [2.45, 2.75) is 51.7 Å². The van der Waals surface area contributed by atoms with Crippen molar-refractivity contribution >= 4 is 0 Å². The maximum atomic E-state index is 4.09. The zero-order valence-electron chi connectivity index (χ0n) is 11.8. The minimum absolute atomic E-state index is 0.220. The summed E-state index contributed by atoms with van der Waals surface area (Å²) in [6.07, 6.45) is 6.29. The minimum atomic E-state index is 0.220. The molecule has 0 saturated carbocycles. The van der Waals surface area contributed by atoms with Crippen molar-refractivity contribution in [1.82, 2.24) is 15.2 Å². The summed E-state index contributed by atoms with van der Waals surface area (Å²) in [5.74, 6) is 0. The molecule has 18 heavy (non-hydrogen) atoms. The molecule has 2 rings (SSSR count). The summed E-state index contributed by atoms with van der Waals surface area (Å²) in [5.41, 5.74) is 1.58. The van der Waals surface area contributed by atoms with Gasteiger partial charge < -0.3 is 5.32 Å². The third kappa shape index (κ3) is 3.53. The first kappa shape index (κ1) is 13.5. The van der Waals surface area contributed by atoms with Crippen LogP contribution in [-0.2, 0) is 6.54 Å². The normalized spacial score (nSPS) is 24.1. The van der Waals surface area contributed by atoms with E-state index in [1.807, 2.05) is 12.4 Å². The first-order valence-corrected chi connectivity index (χ1v) is 6.99. The summed E-state index contributed by atoms with van der Waals surface area (Å²) in [7, 11) is 0. The lowest BCUT2D eigenvalue weighted by Gasteiger charge is -2.44. The van der Waals surface area contributed by atoms with Gasteiger partial charge in [-0.15, -0.1) is 0 Å². The highest BCUT2D eigenvalue weighted by atomic mass is 15.2. The standard InChI is InChI=1S/C15H25N3/c1-4-5-14-10-17-15(2,3)12-18(14)11-13-6-8-16-9-7-13/h6-9,14,17H,4-5,10-12H2,1-3H3. The fourth-order valence-corrected chi connectivity index (χ4v) is 2.74. The Kier molecular flexibility index (Phi) is 4.36. The van der Waals surface area contributed by atoms with Crippen molar-refractivity contribution in [2.24, 2.45) is 0 Å². The van der Waals surface area contributed by atoms with Gasteiger partial charge in [0, 0.05) is 43.6 Å². The van der Waals surface area contributed by atoms with E-state index in [-0.39, 0.29) is 5.54 Å². The van der Waals surface area contributed by atoms with E-state index < -0.39 is 0 Å². The molecule has 3 nitrogen and oxygen atoms in total. The van der Waals surface area contributed by atoms with E-state index in [4.69, 9.17) is 0 Å². The van der Waals surface area contributed by atoms with Gasteiger partial charge in [-0.3, -0.25) is 9.88 Å². The summed E-state index contributed by atoms with van der Waals surface area (Å²) >= 11 is 0. The minimum Gasteiger partial charge on any atom is -0.309 e. The van der Waals surface area contributed by atoms with Crippen molar-refractivity contribution in [1.29, 1.82) is 0 Å². The molecule has 1 unspecified atom stereocenters. The zero-order chi connectivity index (χ0) is 13.0. The zero-order valence-corrected chi connectivity index (χ0v) is 11.8. The average molecular weight is 247 g/mol. The number of aromatic nitrogens is 1. The van der Waals surface area contributed by atoms with E-state index in [9.17, 15) is 0 Å². The highest BCUT2D eigenvalue weighted by Gasteiger charge is 2.31. The largest absolute Gasteiger partial charge is 0.309 e. The van der Waals surface area contributed by atoms with Crippen LogP contribution in [0.3, 0.4) is 0 Å². The number of hydrogen-bond acceptors (Lipinski definition) is 3. The van der Waals surface area contributed by atoms with Crippen LogP contribution in [0.2, 0.25) is 0 Å². The van der Waals surface area contributed by atoms with Gasteiger partial charge in [-0.1, -0.05) is 13.3 Å². The predicted molar refractivity (Wildman–Crippen MR) is 75.4 cm³/mol. The van der Waals surface area contributed by atoms with Gasteiger partial charge in [-0.05, 0) is 38.0 Å². The molecule has 1 saturated heterocycles. The molecule has 1 N–H and O–H groups in total. The Balaban J connectivity index is 2.05. The van der Waals surface area contributed by atoms with Crippen LogP contribution in [0.5, 0.6) is 0 Å². The molecule has 0 radical (unpaired) electrons. The van der Waals surface area contributed by atoms with Crippen molar-refractivity contribution in [3.8, 4) is 0 Å². The van der Waals surface area contributed by atoms with Crippen LogP contribution in [0.4, 0.5) is 0 Å². The summed E-state index contributed by atoms with van der Waals surface area (Å²) in [5, 5.41) is 3.65. The topological polar surface area (TPSA) is 28.2 Å². The second-order valence-corrected chi connectivity index (χ2v) is 5.97. The Morgan fingerprint density at radius 1 is 1.39 bits per heavy atom. The van der Waals surface area contributed by atoms with Gasteiger partial charge in [0.25, 0.3) is 0 Å². The third-order valence-corrected chi connectivity index (χ3v) is 3.69. The van der Waals surface area contributed by atoms with E-state index >= 15 is 0 Å². The number of nitrogens with zero attached hydrogens (tertiary/aromatic N) is 2. The number of nitrogens with one attached hydrogen (secondary N) is 1. The van der Waals surface area contributed by atoms with Crippen LogP contribution in [0.25, 0.3) is 0 Å². The molecule has 0 aromatic carbocycles. The van der Waals surface area contributed by atoms with Crippen molar-refractivity contribution < 1.29 is 0 Å². The van der Waals surface area contributed by atoms with Crippen LogP contribution >= 0.6 is 0 Å². The van der Waals surface area contributed by atoms with Crippen molar-refractivity contribution in [3.63, 3.8) is 0 Å². The predicted octanol–water partition coefficient (Wildman–Crippen LogP) is 2.43. The maximum Gasteiger partial charge on any atom is 0.0271 e. The molecule has 0 aliphatic carbocycles. The summed E-state index contributed by atoms with van der Waals surface area (Å²) in [4.78, 5) is 6.71. The molecule has 1 aliphatic heterocycles. The molecule has 100 valence electrons. The first-order chi connectivity index (χ1) is 8.61. The lowest BCUT2D eigenvalue weighted by molar-refractivity contribution is 0.0826. The maximum absolute atomic E-state index is 4.09. The highest BCUT2D eigenvalue weighted by Crippen LogP contribution is 2.20. The molecular formula is C15H25N3. The lowest BCUT2D eigenvalue weighted by atomic mass is 9.96. The van der Waals surface area contributed by atoms with Gasteiger partial charge >= 0.3 is 0 Å². The molecule has 0 bridgehead atoms. The number of hydrogen-bond donors (Lipinski definition) is 1. The van der Waals surface area contributed by atoms with Crippen LogP contribution in [0.15, 0.2) is 24.5 Å². The van der Waals surface area contributed by atoms with Crippen LogP contribution in [-0.4, -0.2) is 34.6 Å². The summed E-state index contributed by atoms with van der Waals surface area (Å²) < 4.78 is 0. The fraction of sp³-hybridized carbons (Fsp3) is 0.667. The van der Waals surface area contributed by atoms with E-state index in [2.05, 4.69) is 48.1 Å². The third-order valence-electron chi connectivity index (χ3n) is 3.69. The number of pyridine rings is 1. The molecule has 1 aromatic rings. The van der Waals surface area contributed by atoms with E-state index in [1.54, 1.807) is 0 Å². The smallest absolute Gasteiger partial charge is 0.0271 e. The van der Waals surface area contributed by atoms with Crippen LogP contribution < -0.4 is 5.32 Å². The SMILES string of the molecule is CCCC1CNC(C)(C)CN1Cc1ccncc1. The molecule has 1 atom stereocenters. The lowest BCUT2D eigenvalue weighted by Crippen LogP contribution is -2.61. The van der Waals surface area contributed by atoms with E-state index in [0.717, 1.165) is 19.6 Å². The van der Waals surface area contributed by atoms with E-state index in [0.29, 0.717) is 6.04 Å². The second kappa shape index (κ2) is 5.81. The average Bonchev–Trinajstić information content (AvgIpc) is 2.34. The first-order valence-electron chi connectivity index (χ1n) is 6.99. The monoisotopic (exact) mass is 247 g/mol. The molecule has 1 aliphatic rings. The molecule has 1 aromatic heterocycles. The second-order valence-electron chi connectivity index (χ2n) is 5.97. The van der Waals surface area contributed by atoms with Gasteiger partial charge in [0.1, 0.15) is 0 Å². The molecule has 2 heterocycles. The number of piperazine rings is 1. The Morgan fingerprint density at radius 3 is 2.78 bits per heavy atom. The van der Waals surface area contributed by atoms with Gasteiger partial charge in [0.2, 0.25) is 0 Å². The number of rotatable bonds is 4. The van der Waals surface area contributed by atoms with Crippen molar-refractivity contribution in [3.05, 3.63) is 30.1 Å². The highest BCUT2D eigenvalue weighted by molar-refractivity contribution is 5.10. The molecule has 0 amide bonds. The van der Waals surface area contributed by atoms with Crippen molar-refractivity contribution in [2.75, 3.05) is 13.1 Å². The molecule has 0 spiro atoms. The summed E-state index contributed by atoms with van der Waals surface area (Å²) in [6, 6.07) is 4.91. The Hall–Kier alpha value is -0.930. The van der Waals surface area contributed by atoms with Gasteiger partial charge in [0.05, 0.1) is 0 Å². The quantitative estimate of drug-likeness (QED) is 0.885. The fourth-order valence-electron chi connectivity index (χ4n) is 2.74.